The van der Waals surface area contributed by atoms with Gasteiger partial charge >= 0.3 is 0 Å². The number of benzene rings is 1. The van der Waals surface area contributed by atoms with Crippen LogP contribution in [-0.4, -0.2) is 11.5 Å². The number of hydrogen-bond donors (Lipinski definition) is 1. The quantitative estimate of drug-likeness (QED) is 0.780. The molecule has 1 aromatic carbocycles. The average molecular weight is 307 g/mol. The maximum Gasteiger partial charge on any atom is 0.126 e. The summed E-state index contributed by atoms with van der Waals surface area (Å²) in [6.07, 6.45) is 2.98. The molecule has 2 aromatic rings. The molecule has 1 aromatic heterocycles. The monoisotopic (exact) mass is 306 g/mol. The zero-order valence-corrected chi connectivity index (χ0v) is 13.2. The highest BCUT2D eigenvalue weighted by Crippen LogP contribution is 2.20. The smallest absolute Gasteiger partial charge is 0.126 e. The number of thioether (sulfide) groups is 1. The first-order valence-electron chi connectivity index (χ1n) is 6.79. The molecule has 0 bridgehead atoms. The Labute approximate surface area is 130 Å². The summed E-state index contributed by atoms with van der Waals surface area (Å²) in [6.45, 7) is 3.12. The first kappa shape index (κ1) is 15.2. The number of rotatable bonds is 7. The van der Waals surface area contributed by atoms with Gasteiger partial charge in [-0.3, -0.25) is 0 Å². The normalized spacial score (nSPS) is 10.5. The number of hydrogen-bond acceptors (Lipinski definition) is 3. The van der Waals surface area contributed by atoms with E-state index in [1.54, 1.807) is 0 Å². The van der Waals surface area contributed by atoms with Crippen LogP contribution < -0.4 is 5.32 Å². The van der Waals surface area contributed by atoms with Crippen LogP contribution in [0, 0.1) is 0 Å². The first-order chi connectivity index (χ1) is 9.78. The molecule has 0 amide bonds. The topological polar surface area (TPSA) is 24.9 Å². The second-order valence-electron chi connectivity index (χ2n) is 4.60. The molecule has 2 rings (SSSR count). The number of pyridine rings is 1. The van der Waals surface area contributed by atoms with Crippen molar-refractivity contribution in [2.24, 2.45) is 0 Å². The van der Waals surface area contributed by atoms with Crippen molar-refractivity contribution in [2.75, 3.05) is 11.9 Å². The summed E-state index contributed by atoms with van der Waals surface area (Å²) in [5.41, 5.74) is 2.61. The molecule has 0 spiro atoms. The third kappa shape index (κ3) is 5.06. The van der Waals surface area contributed by atoms with E-state index < -0.39 is 0 Å². The van der Waals surface area contributed by atoms with Crippen LogP contribution in [0.4, 0.5) is 5.82 Å². The fraction of sp³-hybridized carbons (Fsp3) is 0.312. The van der Waals surface area contributed by atoms with Crippen LogP contribution in [0.15, 0.2) is 42.6 Å². The molecule has 0 aliphatic rings. The molecule has 0 atom stereocenters. The van der Waals surface area contributed by atoms with E-state index in [0.717, 1.165) is 35.3 Å². The predicted octanol–water partition coefficient (Wildman–Crippen LogP) is 4.99. The number of anilines is 1. The van der Waals surface area contributed by atoms with Gasteiger partial charge in [0.1, 0.15) is 5.82 Å². The summed E-state index contributed by atoms with van der Waals surface area (Å²) < 4.78 is 0. The zero-order chi connectivity index (χ0) is 14.2. The molecule has 0 fully saturated rings. The fourth-order valence-corrected chi connectivity index (χ4v) is 2.85. The fourth-order valence-electron chi connectivity index (χ4n) is 1.78. The molecule has 2 nitrogen and oxygen atoms in total. The van der Waals surface area contributed by atoms with Crippen LogP contribution in [0.25, 0.3) is 0 Å². The molecular formula is C16H19ClN2S. The molecule has 0 radical (unpaired) electrons. The minimum Gasteiger partial charge on any atom is -0.370 e. The van der Waals surface area contributed by atoms with Gasteiger partial charge in [-0.25, -0.2) is 4.98 Å². The SMILES string of the molecule is CCCNc1cc(CSCc2ccc(Cl)cc2)ccn1. The highest BCUT2D eigenvalue weighted by atomic mass is 35.5. The Morgan fingerprint density at radius 3 is 2.60 bits per heavy atom. The maximum atomic E-state index is 5.88. The van der Waals surface area contributed by atoms with Gasteiger partial charge < -0.3 is 5.32 Å². The van der Waals surface area contributed by atoms with E-state index in [2.05, 4.69) is 41.5 Å². The van der Waals surface area contributed by atoms with Gasteiger partial charge in [-0.05, 0) is 41.8 Å². The van der Waals surface area contributed by atoms with E-state index >= 15 is 0 Å². The van der Waals surface area contributed by atoms with Crippen molar-refractivity contribution in [2.45, 2.75) is 24.9 Å². The van der Waals surface area contributed by atoms with Crippen LogP contribution in [0.3, 0.4) is 0 Å². The van der Waals surface area contributed by atoms with Gasteiger partial charge in [0.2, 0.25) is 0 Å². The Bertz CT molecular complexity index is 528. The standard InChI is InChI=1S/C16H19ClN2S/c1-2-8-18-16-10-14(7-9-19-16)12-20-11-13-3-5-15(17)6-4-13/h3-7,9-10H,2,8,11-12H2,1H3,(H,18,19). The summed E-state index contributed by atoms with van der Waals surface area (Å²) in [6, 6.07) is 12.2. The average Bonchev–Trinajstić information content (AvgIpc) is 2.48. The van der Waals surface area contributed by atoms with Crippen LogP contribution in [0.2, 0.25) is 5.02 Å². The second kappa shape index (κ2) is 8.18. The molecule has 0 aliphatic heterocycles. The number of halogens is 1. The van der Waals surface area contributed by atoms with E-state index in [0.29, 0.717) is 0 Å². The number of nitrogens with zero attached hydrogens (tertiary/aromatic N) is 1. The maximum absolute atomic E-state index is 5.88. The van der Waals surface area contributed by atoms with Crippen LogP contribution >= 0.6 is 23.4 Å². The third-order valence-electron chi connectivity index (χ3n) is 2.83. The van der Waals surface area contributed by atoms with Gasteiger partial charge in [-0.15, -0.1) is 0 Å². The summed E-state index contributed by atoms with van der Waals surface area (Å²) in [5.74, 6) is 2.96. The van der Waals surface area contributed by atoms with Gasteiger partial charge in [0.15, 0.2) is 0 Å². The van der Waals surface area contributed by atoms with Crippen LogP contribution in [-0.2, 0) is 11.5 Å². The van der Waals surface area contributed by atoms with Crippen molar-refractivity contribution in [1.82, 2.24) is 4.98 Å². The summed E-state index contributed by atoms with van der Waals surface area (Å²) in [7, 11) is 0. The Kier molecular flexibility index (Phi) is 6.22. The van der Waals surface area contributed by atoms with Crippen molar-refractivity contribution < 1.29 is 0 Å². The highest BCUT2D eigenvalue weighted by molar-refractivity contribution is 7.97. The van der Waals surface area contributed by atoms with Gasteiger partial charge in [-0.2, -0.15) is 11.8 Å². The minimum atomic E-state index is 0.791. The summed E-state index contributed by atoms with van der Waals surface area (Å²) in [4.78, 5) is 4.32. The first-order valence-corrected chi connectivity index (χ1v) is 8.32. The lowest BCUT2D eigenvalue weighted by atomic mass is 10.2. The van der Waals surface area contributed by atoms with Gasteiger partial charge in [0.25, 0.3) is 0 Å². The van der Waals surface area contributed by atoms with E-state index in [1.807, 2.05) is 30.1 Å². The van der Waals surface area contributed by atoms with E-state index in [4.69, 9.17) is 11.6 Å². The van der Waals surface area contributed by atoms with Crippen molar-refractivity contribution >= 4 is 29.2 Å². The molecule has 4 heteroatoms. The Morgan fingerprint density at radius 1 is 1.10 bits per heavy atom. The molecule has 0 aliphatic carbocycles. The van der Waals surface area contributed by atoms with Gasteiger partial charge in [0, 0.05) is 29.3 Å². The lowest BCUT2D eigenvalue weighted by Gasteiger charge is -2.06. The Balaban J connectivity index is 1.82. The van der Waals surface area contributed by atoms with Gasteiger partial charge in [0.05, 0.1) is 0 Å². The zero-order valence-electron chi connectivity index (χ0n) is 11.6. The molecule has 0 saturated heterocycles. The third-order valence-corrected chi connectivity index (χ3v) is 4.16. The number of nitrogens with one attached hydrogen (secondary N) is 1. The van der Waals surface area contributed by atoms with Crippen molar-refractivity contribution in [1.29, 1.82) is 0 Å². The molecule has 0 unspecified atom stereocenters. The molecule has 0 saturated carbocycles. The summed E-state index contributed by atoms with van der Waals surface area (Å²) >= 11 is 7.78. The number of aromatic nitrogens is 1. The minimum absolute atomic E-state index is 0.791. The second-order valence-corrected chi connectivity index (χ2v) is 6.02. The van der Waals surface area contributed by atoms with Crippen molar-refractivity contribution in [3.05, 3.63) is 58.7 Å². The van der Waals surface area contributed by atoms with Crippen LogP contribution in [0.5, 0.6) is 0 Å². The molecular weight excluding hydrogens is 288 g/mol. The highest BCUT2D eigenvalue weighted by Gasteiger charge is 1.99. The van der Waals surface area contributed by atoms with E-state index in [9.17, 15) is 0 Å². The van der Waals surface area contributed by atoms with E-state index in [1.165, 1.54) is 11.1 Å². The van der Waals surface area contributed by atoms with Gasteiger partial charge in [-0.1, -0.05) is 30.7 Å². The predicted molar refractivity (Wildman–Crippen MR) is 89.5 cm³/mol. The van der Waals surface area contributed by atoms with E-state index in [-0.39, 0.29) is 0 Å². The summed E-state index contributed by atoms with van der Waals surface area (Å²) in [5, 5.41) is 4.11. The Hall–Kier alpha value is -1.19. The van der Waals surface area contributed by atoms with Crippen molar-refractivity contribution in [3.8, 4) is 0 Å². The largest absolute Gasteiger partial charge is 0.370 e. The molecule has 1 N–H and O–H groups in total. The Morgan fingerprint density at radius 2 is 1.85 bits per heavy atom. The lowest BCUT2D eigenvalue weighted by molar-refractivity contribution is 0.968. The molecule has 106 valence electrons. The molecule has 20 heavy (non-hydrogen) atoms. The molecule has 1 heterocycles. The van der Waals surface area contributed by atoms with Crippen LogP contribution in [0.1, 0.15) is 24.5 Å². The lowest BCUT2D eigenvalue weighted by Crippen LogP contribution is -2.01. The van der Waals surface area contributed by atoms with Crippen molar-refractivity contribution in [3.63, 3.8) is 0 Å².